The Balaban J connectivity index is 1.99. The summed E-state index contributed by atoms with van der Waals surface area (Å²) in [4.78, 5) is 5.84. The van der Waals surface area contributed by atoms with Crippen molar-refractivity contribution in [3.05, 3.63) is 46.9 Å². The van der Waals surface area contributed by atoms with E-state index in [9.17, 15) is 21.6 Å². The molecule has 1 aliphatic rings. The predicted octanol–water partition coefficient (Wildman–Crippen LogP) is 3.48. The molecular formula is C18H20ClF3N4O2S. The highest BCUT2D eigenvalue weighted by molar-refractivity contribution is 7.92. The second-order valence-corrected chi connectivity index (χ2v) is 9.14. The summed E-state index contributed by atoms with van der Waals surface area (Å²) in [6, 6.07) is 4.39. The van der Waals surface area contributed by atoms with Crippen LogP contribution in [0.15, 0.2) is 29.2 Å². The number of aromatic nitrogens is 1. The van der Waals surface area contributed by atoms with Gasteiger partial charge in [0.25, 0.3) is 10.0 Å². The van der Waals surface area contributed by atoms with E-state index >= 15 is 0 Å². The zero-order valence-electron chi connectivity index (χ0n) is 16.0. The summed E-state index contributed by atoms with van der Waals surface area (Å²) < 4.78 is 69.8. The minimum atomic E-state index is -4.73. The molecule has 11 heteroatoms. The van der Waals surface area contributed by atoms with Gasteiger partial charge in [-0.05, 0) is 39.6 Å². The third-order valence-electron chi connectivity index (χ3n) is 4.91. The molecule has 0 aliphatic carbocycles. The third kappa shape index (κ3) is 4.29. The molecule has 3 rings (SSSR count). The number of halogens is 4. The highest BCUT2D eigenvalue weighted by Gasteiger charge is 2.35. The first-order chi connectivity index (χ1) is 13.5. The summed E-state index contributed by atoms with van der Waals surface area (Å²) in [5.41, 5.74) is 0.0846. The van der Waals surface area contributed by atoms with E-state index in [1.54, 1.807) is 4.90 Å². The minimum absolute atomic E-state index is 0.0456. The Kier molecular flexibility index (Phi) is 5.98. The Morgan fingerprint density at radius 2 is 1.97 bits per heavy atom. The molecule has 2 atom stereocenters. The molecule has 0 spiro atoms. The maximum absolute atomic E-state index is 14.9. The minimum Gasteiger partial charge on any atom is -0.366 e. The highest BCUT2D eigenvalue weighted by atomic mass is 35.5. The van der Waals surface area contributed by atoms with Gasteiger partial charge in [-0.15, -0.1) is 0 Å². The lowest BCUT2D eigenvalue weighted by molar-refractivity contribution is 0.311. The van der Waals surface area contributed by atoms with Crippen molar-refractivity contribution in [3.8, 4) is 0 Å². The fourth-order valence-electron chi connectivity index (χ4n) is 3.39. The highest BCUT2D eigenvalue weighted by Crippen LogP contribution is 2.38. The summed E-state index contributed by atoms with van der Waals surface area (Å²) in [6.07, 6.45) is 0.763. The maximum Gasteiger partial charge on any atom is 0.268 e. The van der Waals surface area contributed by atoms with Gasteiger partial charge < -0.3 is 9.80 Å². The van der Waals surface area contributed by atoms with Crippen LogP contribution in [0.2, 0.25) is 5.02 Å². The van der Waals surface area contributed by atoms with Crippen molar-refractivity contribution in [2.24, 2.45) is 0 Å². The second-order valence-electron chi connectivity index (χ2n) is 7.14. The molecule has 1 fully saturated rings. The predicted molar refractivity (Wildman–Crippen MR) is 105 cm³/mol. The quantitative estimate of drug-likeness (QED) is 0.560. The van der Waals surface area contributed by atoms with Crippen molar-refractivity contribution in [3.63, 3.8) is 0 Å². The van der Waals surface area contributed by atoms with Gasteiger partial charge in [0.15, 0.2) is 10.7 Å². The van der Waals surface area contributed by atoms with Crippen molar-refractivity contribution < 1.29 is 21.6 Å². The molecule has 158 valence electrons. The van der Waals surface area contributed by atoms with Gasteiger partial charge in [-0.1, -0.05) is 17.7 Å². The summed E-state index contributed by atoms with van der Waals surface area (Å²) in [7, 11) is -0.916. The number of hydrogen-bond acceptors (Lipinski definition) is 5. The standard InChI is InChI=1S/C18H20ClF3N4O2S/c1-10-7-11(25(2)3)9-26(10)13-8-12(20)18(17(22)16(13)19)29(27,28)24-15-6-4-5-14(21)23-15/h4-6,8,10-11H,7,9H2,1-3H3,(H,23,24)/t10-,11+/m0/s1. The van der Waals surface area contributed by atoms with Crippen LogP contribution in [0.5, 0.6) is 0 Å². The number of benzene rings is 1. The fourth-order valence-corrected chi connectivity index (χ4v) is 4.85. The Morgan fingerprint density at radius 1 is 1.28 bits per heavy atom. The average molecular weight is 449 g/mol. The molecule has 29 heavy (non-hydrogen) atoms. The molecule has 1 saturated heterocycles. The van der Waals surface area contributed by atoms with E-state index in [2.05, 4.69) is 4.98 Å². The average Bonchev–Trinajstić information content (AvgIpc) is 2.99. The first-order valence-electron chi connectivity index (χ1n) is 8.77. The summed E-state index contributed by atoms with van der Waals surface area (Å²) in [5.74, 6) is -4.07. The van der Waals surface area contributed by atoms with Crippen molar-refractivity contribution in [2.75, 3.05) is 30.3 Å². The topological polar surface area (TPSA) is 65.5 Å². The van der Waals surface area contributed by atoms with E-state index in [1.807, 2.05) is 30.6 Å². The van der Waals surface area contributed by atoms with Crippen LogP contribution in [0.1, 0.15) is 13.3 Å². The molecule has 1 aliphatic heterocycles. The van der Waals surface area contributed by atoms with Crippen LogP contribution in [-0.4, -0.2) is 51.0 Å². The Bertz CT molecular complexity index is 1040. The van der Waals surface area contributed by atoms with Crippen molar-refractivity contribution in [1.29, 1.82) is 0 Å². The first kappa shape index (κ1) is 21.7. The number of pyridine rings is 1. The van der Waals surface area contributed by atoms with Gasteiger partial charge in [-0.2, -0.15) is 4.39 Å². The molecule has 0 radical (unpaired) electrons. The van der Waals surface area contributed by atoms with Crippen LogP contribution >= 0.6 is 11.6 Å². The summed E-state index contributed by atoms with van der Waals surface area (Å²) in [5, 5.41) is -0.495. The van der Waals surface area contributed by atoms with Gasteiger partial charge in [0, 0.05) is 24.7 Å². The van der Waals surface area contributed by atoms with Gasteiger partial charge in [0.1, 0.15) is 16.7 Å². The zero-order valence-corrected chi connectivity index (χ0v) is 17.5. The summed E-state index contributed by atoms with van der Waals surface area (Å²) >= 11 is 6.11. The number of anilines is 2. The Hall–Kier alpha value is -2.04. The lowest BCUT2D eigenvalue weighted by Crippen LogP contribution is -2.32. The number of nitrogens with one attached hydrogen (secondary N) is 1. The molecule has 0 unspecified atom stereocenters. The van der Waals surface area contributed by atoms with E-state index in [1.165, 1.54) is 6.07 Å². The number of sulfonamides is 1. The van der Waals surface area contributed by atoms with Crippen LogP contribution < -0.4 is 9.62 Å². The first-order valence-corrected chi connectivity index (χ1v) is 10.6. The van der Waals surface area contributed by atoms with Crippen LogP contribution in [0.3, 0.4) is 0 Å². The van der Waals surface area contributed by atoms with Gasteiger partial charge in [-0.3, -0.25) is 4.72 Å². The van der Waals surface area contributed by atoms with E-state index in [-0.39, 0.29) is 17.8 Å². The van der Waals surface area contributed by atoms with Gasteiger partial charge in [0.2, 0.25) is 5.95 Å². The van der Waals surface area contributed by atoms with E-state index < -0.39 is 43.3 Å². The van der Waals surface area contributed by atoms with Gasteiger partial charge >= 0.3 is 0 Å². The Morgan fingerprint density at radius 3 is 2.55 bits per heavy atom. The van der Waals surface area contributed by atoms with E-state index in [0.29, 0.717) is 6.54 Å². The monoisotopic (exact) mass is 448 g/mol. The molecule has 0 bridgehead atoms. The van der Waals surface area contributed by atoms with Crippen molar-refractivity contribution in [1.82, 2.24) is 9.88 Å². The third-order valence-corrected chi connectivity index (χ3v) is 6.66. The van der Waals surface area contributed by atoms with Crippen molar-refractivity contribution >= 4 is 33.1 Å². The van der Waals surface area contributed by atoms with E-state index in [4.69, 9.17) is 11.6 Å². The lowest BCUT2D eigenvalue weighted by atomic mass is 10.2. The molecule has 2 heterocycles. The molecule has 2 aromatic rings. The lowest BCUT2D eigenvalue weighted by Gasteiger charge is -2.26. The van der Waals surface area contributed by atoms with Crippen molar-refractivity contribution in [2.45, 2.75) is 30.3 Å². The molecule has 1 N–H and O–H groups in total. The van der Waals surface area contributed by atoms with Crippen LogP contribution in [0.25, 0.3) is 0 Å². The number of hydrogen-bond donors (Lipinski definition) is 1. The molecule has 1 aromatic heterocycles. The Labute approximate surface area is 172 Å². The maximum atomic E-state index is 14.9. The molecular weight excluding hydrogens is 429 g/mol. The SMILES string of the molecule is C[C@H]1C[C@@H](N(C)C)CN1c1cc(F)c(S(=O)(=O)Nc2cccc(F)n2)c(F)c1Cl. The number of nitrogens with zero attached hydrogens (tertiary/aromatic N) is 3. The molecule has 0 amide bonds. The number of rotatable bonds is 5. The van der Waals surface area contributed by atoms with E-state index in [0.717, 1.165) is 24.6 Å². The molecule has 6 nitrogen and oxygen atoms in total. The van der Waals surface area contributed by atoms with Crippen LogP contribution in [0.4, 0.5) is 24.7 Å². The van der Waals surface area contributed by atoms with Gasteiger partial charge in [-0.25, -0.2) is 22.2 Å². The summed E-state index contributed by atoms with van der Waals surface area (Å²) in [6.45, 7) is 2.39. The fraction of sp³-hybridized carbons (Fsp3) is 0.389. The smallest absolute Gasteiger partial charge is 0.268 e. The van der Waals surface area contributed by atoms with Crippen LogP contribution in [-0.2, 0) is 10.0 Å². The zero-order chi connectivity index (χ0) is 21.5. The normalized spacial score (nSPS) is 19.8. The van der Waals surface area contributed by atoms with Crippen LogP contribution in [0, 0.1) is 17.6 Å². The largest absolute Gasteiger partial charge is 0.366 e. The van der Waals surface area contributed by atoms with Gasteiger partial charge in [0.05, 0.1) is 5.69 Å². The number of likely N-dealkylation sites (N-methyl/N-ethyl adjacent to an activating group) is 1. The molecule has 0 saturated carbocycles. The second kappa shape index (κ2) is 8.00. The molecule has 1 aromatic carbocycles.